The second kappa shape index (κ2) is 4.13. The molecule has 0 saturated carbocycles. The zero-order chi connectivity index (χ0) is 11.9. The summed E-state index contributed by atoms with van der Waals surface area (Å²) >= 11 is 1.61. The van der Waals surface area contributed by atoms with E-state index >= 15 is 0 Å². The molecular formula is C13H17NOS. The lowest BCUT2D eigenvalue weighted by Crippen LogP contribution is -2.18. The van der Waals surface area contributed by atoms with Crippen molar-refractivity contribution in [1.29, 1.82) is 0 Å². The van der Waals surface area contributed by atoms with Gasteiger partial charge in [-0.1, -0.05) is 27.7 Å². The Morgan fingerprint density at radius 1 is 1.25 bits per heavy atom. The Kier molecular flexibility index (Phi) is 2.98. The van der Waals surface area contributed by atoms with E-state index in [4.69, 9.17) is 0 Å². The van der Waals surface area contributed by atoms with E-state index in [1.165, 1.54) is 10.4 Å². The molecule has 0 radical (unpaired) electrons. The van der Waals surface area contributed by atoms with Gasteiger partial charge in [0.2, 0.25) is 0 Å². The lowest BCUT2D eigenvalue weighted by molar-refractivity contribution is 0.100. The van der Waals surface area contributed by atoms with Gasteiger partial charge in [-0.25, -0.2) is 4.99 Å². The summed E-state index contributed by atoms with van der Waals surface area (Å²) in [4.78, 5) is 18.2. The van der Waals surface area contributed by atoms with E-state index in [-0.39, 0.29) is 5.91 Å². The number of carbonyl (C=O) groups is 1. The molecule has 86 valence electrons. The molecule has 0 N–H and O–H groups in total. The lowest BCUT2D eigenvalue weighted by Gasteiger charge is -2.13. The van der Waals surface area contributed by atoms with E-state index in [2.05, 4.69) is 38.8 Å². The van der Waals surface area contributed by atoms with Gasteiger partial charge in [-0.15, -0.1) is 11.3 Å². The van der Waals surface area contributed by atoms with Crippen LogP contribution in [0.15, 0.2) is 11.1 Å². The van der Waals surface area contributed by atoms with E-state index in [9.17, 15) is 4.79 Å². The fourth-order valence-electron chi connectivity index (χ4n) is 1.80. The maximum Gasteiger partial charge on any atom is 0.287 e. The van der Waals surface area contributed by atoms with E-state index in [1.807, 2.05) is 0 Å². The van der Waals surface area contributed by atoms with Crippen LogP contribution in [-0.2, 0) is 6.42 Å². The lowest BCUT2D eigenvalue weighted by atomic mass is 9.97. The molecule has 0 aromatic carbocycles. The number of thiophene rings is 1. The number of rotatable bonds is 2. The minimum atomic E-state index is -0.0400. The van der Waals surface area contributed by atoms with Crippen LogP contribution >= 0.6 is 11.3 Å². The maximum atomic E-state index is 11.9. The molecule has 1 aromatic heterocycles. The van der Waals surface area contributed by atoms with Crippen molar-refractivity contribution >= 4 is 23.0 Å². The van der Waals surface area contributed by atoms with Crippen LogP contribution in [0.2, 0.25) is 0 Å². The molecule has 0 atom stereocenters. The molecule has 2 rings (SSSR count). The fourth-order valence-corrected chi connectivity index (χ4v) is 2.86. The van der Waals surface area contributed by atoms with Crippen LogP contribution in [0.25, 0.3) is 0 Å². The number of aliphatic imine (C=N–C) groups is 1. The van der Waals surface area contributed by atoms with E-state index in [0.717, 1.165) is 17.0 Å². The zero-order valence-corrected chi connectivity index (χ0v) is 11.0. The molecule has 3 heteroatoms. The van der Waals surface area contributed by atoms with Crippen molar-refractivity contribution in [2.45, 2.75) is 40.0 Å². The highest BCUT2D eigenvalue weighted by Crippen LogP contribution is 2.32. The van der Waals surface area contributed by atoms with Gasteiger partial charge in [-0.05, 0) is 23.5 Å². The van der Waals surface area contributed by atoms with Gasteiger partial charge in [0.1, 0.15) is 0 Å². The molecule has 1 aromatic rings. The van der Waals surface area contributed by atoms with Crippen LogP contribution in [0.1, 0.15) is 53.7 Å². The van der Waals surface area contributed by atoms with Crippen LogP contribution in [0.5, 0.6) is 0 Å². The van der Waals surface area contributed by atoms with Gasteiger partial charge in [0.05, 0.1) is 4.88 Å². The van der Waals surface area contributed by atoms with Crippen LogP contribution in [-0.4, -0.2) is 11.6 Å². The van der Waals surface area contributed by atoms with Crippen molar-refractivity contribution in [1.82, 2.24) is 0 Å². The Labute approximate surface area is 100 Å². The Hall–Kier alpha value is -0.960. The van der Waals surface area contributed by atoms with Crippen molar-refractivity contribution in [3.8, 4) is 0 Å². The minimum absolute atomic E-state index is 0.0400. The standard InChI is InChI=1S/C13H17NOS/c1-7(2)10-5-9-6-11(8(3)4)16-12(9)13(15)14-10/h6-8H,5H2,1-4H3. The van der Waals surface area contributed by atoms with Crippen molar-refractivity contribution in [2.24, 2.45) is 10.9 Å². The molecule has 16 heavy (non-hydrogen) atoms. The summed E-state index contributed by atoms with van der Waals surface area (Å²) in [6.07, 6.45) is 0.849. The second-order valence-corrected chi connectivity index (χ2v) is 5.98. The van der Waals surface area contributed by atoms with E-state index in [0.29, 0.717) is 11.8 Å². The van der Waals surface area contributed by atoms with E-state index < -0.39 is 0 Å². The van der Waals surface area contributed by atoms with Gasteiger partial charge in [0.25, 0.3) is 5.91 Å². The second-order valence-electron chi connectivity index (χ2n) is 4.90. The summed E-state index contributed by atoms with van der Waals surface area (Å²) in [5.41, 5.74) is 2.20. The molecule has 0 fully saturated rings. The van der Waals surface area contributed by atoms with Gasteiger partial charge in [0, 0.05) is 17.0 Å². The molecule has 0 saturated heterocycles. The third-order valence-electron chi connectivity index (χ3n) is 2.87. The smallest absolute Gasteiger partial charge is 0.266 e. The molecule has 2 nitrogen and oxygen atoms in total. The number of hydrogen-bond acceptors (Lipinski definition) is 2. The summed E-state index contributed by atoms with van der Waals surface area (Å²) in [5.74, 6) is 0.812. The monoisotopic (exact) mass is 235 g/mol. The molecule has 0 aliphatic carbocycles. The SMILES string of the molecule is CC(C)C1=NC(=O)c2sc(C(C)C)cc2C1. The average Bonchev–Trinajstić information content (AvgIpc) is 2.61. The molecule has 2 heterocycles. The summed E-state index contributed by atoms with van der Waals surface area (Å²) in [6.45, 7) is 8.50. The van der Waals surface area contributed by atoms with Crippen LogP contribution < -0.4 is 0 Å². The van der Waals surface area contributed by atoms with Crippen molar-refractivity contribution in [3.05, 3.63) is 21.4 Å². The molecule has 0 bridgehead atoms. The quantitative estimate of drug-likeness (QED) is 0.769. The molecule has 1 aliphatic rings. The third kappa shape index (κ3) is 1.96. The zero-order valence-electron chi connectivity index (χ0n) is 10.2. The molecule has 0 spiro atoms. The Bertz CT molecular complexity index is 454. The van der Waals surface area contributed by atoms with Gasteiger partial charge in [-0.2, -0.15) is 0 Å². The topological polar surface area (TPSA) is 29.4 Å². The number of hydrogen-bond donors (Lipinski definition) is 0. The average molecular weight is 235 g/mol. The predicted molar refractivity (Wildman–Crippen MR) is 68.7 cm³/mol. The Balaban J connectivity index is 2.38. The normalized spacial score (nSPS) is 15.6. The minimum Gasteiger partial charge on any atom is -0.266 e. The molecule has 0 unspecified atom stereocenters. The van der Waals surface area contributed by atoms with Gasteiger partial charge < -0.3 is 0 Å². The van der Waals surface area contributed by atoms with Crippen molar-refractivity contribution < 1.29 is 4.79 Å². The summed E-state index contributed by atoms with van der Waals surface area (Å²) in [7, 11) is 0. The molecular weight excluding hydrogens is 218 g/mol. The first-order chi connectivity index (χ1) is 7.49. The van der Waals surface area contributed by atoms with Gasteiger partial charge >= 0.3 is 0 Å². The first-order valence-electron chi connectivity index (χ1n) is 5.73. The van der Waals surface area contributed by atoms with Crippen molar-refractivity contribution in [2.75, 3.05) is 0 Å². The van der Waals surface area contributed by atoms with E-state index in [1.54, 1.807) is 11.3 Å². The third-order valence-corrected chi connectivity index (χ3v) is 4.34. The highest BCUT2D eigenvalue weighted by molar-refractivity contribution is 7.14. The molecule has 1 aliphatic heterocycles. The number of carbonyl (C=O) groups excluding carboxylic acids is 1. The first kappa shape index (κ1) is 11.5. The fraction of sp³-hybridized carbons (Fsp3) is 0.538. The number of nitrogens with zero attached hydrogens (tertiary/aromatic N) is 1. The van der Waals surface area contributed by atoms with Crippen LogP contribution in [0, 0.1) is 5.92 Å². The number of amides is 1. The Morgan fingerprint density at radius 2 is 1.94 bits per heavy atom. The van der Waals surface area contributed by atoms with Crippen LogP contribution in [0.4, 0.5) is 0 Å². The van der Waals surface area contributed by atoms with Gasteiger partial charge in [-0.3, -0.25) is 4.79 Å². The summed E-state index contributed by atoms with van der Waals surface area (Å²) in [5, 5.41) is 0. The highest BCUT2D eigenvalue weighted by Gasteiger charge is 2.24. The predicted octanol–water partition coefficient (Wildman–Crippen LogP) is 3.66. The summed E-state index contributed by atoms with van der Waals surface area (Å²) in [6, 6.07) is 2.18. The van der Waals surface area contributed by atoms with Gasteiger partial charge in [0.15, 0.2) is 0 Å². The largest absolute Gasteiger partial charge is 0.287 e. The highest BCUT2D eigenvalue weighted by atomic mass is 32.1. The summed E-state index contributed by atoms with van der Waals surface area (Å²) < 4.78 is 0. The Morgan fingerprint density at radius 3 is 2.50 bits per heavy atom. The molecule has 1 amide bonds. The number of fused-ring (bicyclic) bond motifs is 1. The van der Waals surface area contributed by atoms with Crippen LogP contribution in [0.3, 0.4) is 0 Å². The van der Waals surface area contributed by atoms with Crippen molar-refractivity contribution in [3.63, 3.8) is 0 Å². The first-order valence-corrected chi connectivity index (χ1v) is 6.55. The maximum absolute atomic E-state index is 11.9.